The average molecular weight is 487 g/mol. The Morgan fingerprint density at radius 3 is 2.50 bits per heavy atom. The van der Waals surface area contributed by atoms with E-state index in [9.17, 15) is 17.6 Å². The molecule has 3 aromatic rings. The monoisotopic (exact) mass is 486 g/mol. The number of rotatable bonds is 9. The highest BCUT2D eigenvalue weighted by Gasteiger charge is 2.22. The maximum absolute atomic E-state index is 13.1. The maximum atomic E-state index is 13.1. The quantitative estimate of drug-likeness (QED) is 0.496. The van der Waals surface area contributed by atoms with Crippen molar-refractivity contribution in [1.29, 1.82) is 0 Å². The number of piperidine rings is 1. The first-order chi connectivity index (χ1) is 16.4. The number of hydrogen-bond donors (Lipinski definition) is 1. The smallest absolute Gasteiger partial charge is 0.315 e. The Balaban J connectivity index is 1.20. The van der Waals surface area contributed by atoms with E-state index in [2.05, 4.69) is 20.4 Å². The minimum Gasteiger partial charge on any atom is -0.348 e. The molecule has 180 valence electrons. The first kappa shape index (κ1) is 24.0. The van der Waals surface area contributed by atoms with Crippen molar-refractivity contribution in [3.8, 4) is 0 Å². The van der Waals surface area contributed by atoms with Crippen LogP contribution in [0.3, 0.4) is 0 Å². The number of halogens is 1. The van der Waals surface area contributed by atoms with Crippen LogP contribution >= 0.6 is 0 Å². The molecule has 1 aliphatic heterocycles. The van der Waals surface area contributed by atoms with E-state index in [0.29, 0.717) is 12.5 Å². The second kappa shape index (κ2) is 10.9. The minimum atomic E-state index is -3.46. The maximum Gasteiger partial charge on any atom is 0.315 e. The van der Waals surface area contributed by atoms with Gasteiger partial charge in [0, 0.05) is 19.5 Å². The van der Waals surface area contributed by atoms with Crippen molar-refractivity contribution in [1.82, 2.24) is 20.4 Å². The third-order valence-electron chi connectivity index (χ3n) is 5.94. The van der Waals surface area contributed by atoms with Crippen LogP contribution in [0.1, 0.15) is 34.9 Å². The highest BCUT2D eigenvalue weighted by molar-refractivity contribution is 7.91. The summed E-state index contributed by atoms with van der Waals surface area (Å²) >= 11 is 0. The summed E-state index contributed by atoms with van der Waals surface area (Å²) < 4.78 is 42.8. The molecular formula is C24H27FN4O4S. The second-order valence-electron chi connectivity index (χ2n) is 8.45. The number of sulfone groups is 1. The summed E-state index contributed by atoms with van der Waals surface area (Å²) in [5.74, 6) is -0.512. The number of amides is 1. The fourth-order valence-electron chi connectivity index (χ4n) is 3.93. The van der Waals surface area contributed by atoms with Gasteiger partial charge < -0.3 is 9.84 Å². The summed E-state index contributed by atoms with van der Waals surface area (Å²) in [6.45, 7) is 3.09. The number of nitrogens with zero attached hydrogens (tertiary/aromatic N) is 3. The van der Waals surface area contributed by atoms with Crippen LogP contribution in [0.25, 0.3) is 0 Å². The van der Waals surface area contributed by atoms with Gasteiger partial charge in [-0.05, 0) is 61.7 Å². The summed E-state index contributed by atoms with van der Waals surface area (Å²) in [5, 5.41) is 6.58. The van der Waals surface area contributed by atoms with Gasteiger partial charge in [0.25, 0.3) is 0 Å². The van der Waals surface area contributed by atoms with Crippen molar-refractivity contribution in [3.63, 3.8) is 0 Å². The third kappa shape index (κ3) is 6.48. The van der Waals surface area contributed by atoms with Crippen molar-refractivity contribution >= 4 is 15.7 Å². The Labute approximate surface area is 198 Å². The lowest BCUT2D eigenvalue weighted by molar-refractivity contribution is 0.0891. The molecule has 1 amide bonds. The zero-order chi connectivity index (χ0) is 24.0. The molecule has 1 aliphatic rings. The first-order valence-electron chi connectivity index (χ1n) is 11.2. The molecule has 1 saturated heterocycles. The van der Waals surface area contributed by atoms with Gasteiger partial charge in [-0.1, -0.05) is 35.5 Å². The second-order valence-corrected chi connectivity index (χ2v) is 10.6. The zero-order valence-corrected chi connectivity index (χ0v) is 19.5. The van der Waals surface area contributed by atoms with E-state index in [-0.39, 0.29) is 34.6 Å². The number of aryl methyl sites for hydroxylation is 1. The fraction of sp³-hybridized carbons (Fsp3) is 0.375. The SMILES string of the molecule is O=C(NCC1CCN(Cc2ccc(F)cc2)CC1)c1nc(CCS(=O)(=O)c2ccccc2)no1. The van der Waals surface area contributed by atoms with Gasteiger partial charge in [0.2, 0.25) is 0 Å². The molecule has 4 rings (SSSR count). The van der Waals surface area contributed by atoms with E-state index in [4.69, 9.17) is 4.52 Å². The predicted molar refractivity (Wildman–Crippen MR) is 123 cm³/mol. The van der Waals surface area contributed by atoms with E-state index in [1.165, 1.54) is 24.3 Å². The Hall–Kier alpha value is -3.11. The summed E-state index contributed by atoms with van der Waals surface area (Å²) in [5.41, 5.74) is 1.08. The molecular weight excluding hydrogens is 459 g/mol. The van der Waals surface area contributed by atoms with Gasteiger partial charge in [-0.2, -0.15) is 4.98 Å². The highest BCUT2D eigenvalue weighted by atomic mass is 32.2. The number of likely N-dealkylation sites (tertiary alicyclic amines) is 1. The third-order valence-corrected chi connectivity index (χ3v) is 7.67. The minimum absolute atomic E-state index is 0.0561. The molecule has 34 heavy (non-hydrogen) atoms. The molecule has 10 heteroatoms. The van der Waals surface area contributed by atoms with E-state index in [0.717, 1.165) is 38.0 Å². The van der Waals surface area contributed by atoms with E-state index in [1.54, 1.807) is 30.3 Å². The number of carbonyl (C=O) groups is 1. The van der Waals surface area contributed by atoms with Crippen LogP contribution < -0.4 is 5.32 Å². The van der Waals surface area contributed by atoms with Gasteiger partial charge in [0.05, 0.1) is 10.6 Å². The normalized spacial score (nSPS) is 15.3. The van der Waals surface area contributed by atoms with Crippen LogP contribution in [0.5, 0.6) is 0 Å². The van der Waals surface area contributed by atoms with E-state index >= 15 is 0 Å². The molecule has 0 radical (unpaired) electrons. The van der Waals surface area contributed by atoms with Crippen LogP contribution in [-0.2, 0) is 22.8 Å². The molecule has 0 spiro atoms. The van der Waals surface area contributed by atoms with Gasteiger partial charge in [-0.15, -0.1) is 0 Å². The number of benzene rings is 2. The molecule has 2 aromatic carbocycles. The van der Waals surface area contributed by atoms with Crippen LogP contribution in [0.4, 0.5) is 4.39 Å². The summed E-state index contributed by atoms with van der Waals surface area (Å²) in [7, 11) is -3.46. The number of hydrogen-bond acceptors (Lipinski definition) is 7. The molecule has 1 aromatic heterocycles. The Bertz CT molecular complexity index is 1190. The van der Waals surface area contributed by atoms with Crippen molar-refractivity contribution in [2.75, 3.05) is 25.4 Å². The fourth-order valence-corrected chi connectivity index (χ4v) is 5.19. The summed E-state index contributed by atoms with van der Waals surface area (Å²) in [6.07, 6.45) is 1.93. The largest absolute Gasteiger partial charge is 0.348 e. The molecule has 0 unspecified atom stereocenters. The van der Waals surface area contributed by atoms with Crippen LogP contribution in [0.2, 0.25) is 0 Å². The molecule has 0 saturated carbocycles. The van der Waals surface area contributed by atoms with Crippen molar-refractivity contribution in [2.24, 2.45) is 5.92 Å². The Kier molecular flexibility index (Phi) is 7.69. The van der Waals surface area contributed by atoms with Crippen molar-refractivity contribution in [2.45, 2.75) is 30.7 Å². The van der Waals surface area contributed by atoms with Crippen molar-refractivity contribution in [3.05, 3.63) is 77.7 Å². The number of aromatic nitrogens is 2. The Morgan fingerprint density at radius 2 is 1.79 bits per heavy atom. The number of carbonyl (C=O) groups excluding carboxylic acids is 1. The molecule has 1 N–H and O–H groups in total. The summed E-state index contributed by atoms with van der Waals surface area (Å²) in [4.78, 5) is 19.0. The molecule has 0 bridgehead atoms. The average Bonchev–Trinajstić information content (AvgIpc) is 3.34. The lowest BCUT2D eigenvalue weighted by Gasteiger charge is -2.31. The van der Waals surface area contributed by atoms with Gasteiger partial charge in [0.15, 0.2) is 15.7 Å². The van der Waals surface area contributed by atoms with Crippen LogP contribution in [0.15, 0.2) is 64.0 Å². The number of nitrogens with one attached hydrogen (secondary N) is 1. The van der Waals surface area contributed by atoms with Gasteiger partial charge in [-0.25, -0.2) is 12.8 Å². The highest BCUT2D eigenvalue weighted by Crippen LogP contribution is 2.19. The first-order valence-corrected chi connectivity index (χ1v) is 12.9. The van der Waals surface area contributed by atoms with Gasteiger partial charge in [0.1, 0.15) is 5.82 Å². The van der Waals surface area contributed by atoms with Gasteiger partial charge >= 0.3 is 11.8 Å². The predicted octanol–water partition coefficient (Wildman–Crippen LogP) is 2.87. The topological polar surface area (TPSA) is 105 Å². The standard InChI is InChI=1S/C24H27FN4O4S/c25-20-8-6-19(7-9-20)17-29-13-10-18(11-14-29)16-26-23(30)24-27-22(28-33-24)12-15-34(31,32)21-4-2-1-3-5-21/h1-9,18H,10-17H2,(H,26,30). The lowest BCUT2D eigenvalue weighted by Crippen LogP contribution is -2.38. The van der Waals surface area contributed by atoms with Crippen LogP contribution in [0, 0.1) is 11.7 Å². The van der Waals surface area contributed by atoms with E-state index in [1.807, 2.05) is 0 Å². The van der Waals surface area contributed by atoms with Crippen LogP contribution in [-0.4, -0.2) is 54.8 Å². The molecule has 8 nitrogen and oxygen atoms in total. The van der Waals surface area contributed by atoms with Crippen molar-refractivity contribution < 1.29 is 22.1 Å². The zero-order valence-electron chi connectivity index (χ0n) is 18.7. The lowest BCUT2D eigenvalue weighted by atomic mass is 9.96. The van der Waals surface area contributed by atoms with E-state index < -0.39 is 15.7 Å². The molecule has 0 aliphatic carbocycles. The molecule has 0 atom stereocenters. The Morgan fingerprint density at radius 1 is 1.09 bits per heavy atom. The molecule has 2 heterocycles. The molecule has 1 fully saturated rings. The van der Waals surface area contributed by atoms with Gasteiger partial charge in [-0.3, -0.25) is 9.69 Å². The summed E-state index contributed by atoms with van der Waals surface area (Å²) in [6, 6.07) is 14.7.